The van der Waals surface area contributed by atoms with Crippen molar-refractivity contribution in [2.45, 2.75) is 52.2 Å². The number of aromatic nitrogens is 1. The number of likely N-dealkylation sites (tertiary alicyclic amines) is 1. The molecule has 5 nitrogen and oxygen atoms in total. The lowest BCUT2D eigenvalue weighted by atomic mass is 9.91. The van der Waals surface area contributed by atoms with E-state index in [4.69, 9.17) is 0 Å². The van der Waals surface area contributed by atoms with Gasteiger partial charge in [0.05, 0.1) is 6.10 Å². The molecule has 0 aromatic carbocycles. The molecule has 1 aliphatic rings. The molecule has 1 fully saturated rings. The van der Waals surface area contributed by atoms with Crippen LogP contribution in [0.3, 0.4) is 0 Å². The Morgan fingerprint density at radius 2 is 1.96 bits per heavy atom. The molecule has 1 amide bonds. The number of piperidine rings is 1. The van der Waals surface area contributed by atoms with Crippen molar-refractivity contribution in [3.63, 3.8) is 0 Å². The van der Waals surface area contributed by atoms with E-state index in [1.54, 1.807) is 12.4 Å². The number of aliphatic hydroxyl groups excluding tert-OH is 1. The molecule has 1 saturated heterocycles. The molecule has 23 heavy (non-hydrogen) atoms. The second-order valence-electron chi connectivity index (χ2n) is 7.60. The van der Waals surface area contributed by atoms with E-state index in [1.807, 2.05) is 17.0 Å². The first-order valence-electron chi connectivity index (χ1n) is 8.44. The SMILES string of the molecule is CC(C)(C)CC(=O)N1CCC(NCC(O)c2ccncc2)CC1. The van der Waals surface area contributed by atoms with E-state index in [2.05, 4.69) is 31.1 Å². The number of pyridine rings is 1. The van der Waals surface area contributed by atoms with Crippen LogP contribution in [0.2, 0.25) is 0 Å². The molecule has 2 rings (SSSR count). The smallest absolute Gasteiger partial charge is 0.223 e. The summed E-state index contributed by atoms with van der Waals surface area (Å²) < 4.78 is 0. The summed E-state index contributed by atoms with van der Waals surface area (Å²) in [5.74, 6) is 0.257. The van der Waals surface area contributed by atoms with E-state index in [1.165, 1.54) is 0 Å². The number of nitrogens with zero attached hydrogens (tertiary/aromatic N) is 2. The Morgan fingerprint density at radius 1 is 1.35 bits per heavy atom. The van der Waals surface area contributed by atoms with E-state index >= 15 is 0 Å². The number of nitrogens with one attached hydrogen (secondary N) is 1. The third-order valence-electron chi connectivity index (χ3n) is 4.22. The van der Waals surface area contributed by atoms with Crippen LogP contribution in [0.4, 0.5) is 0 Å². The fraction of sp³-hybridized carbons (Fsp3) is 0.667. The van der Waals surface area contributed by atoms with Crippen LogP contribution < -0.4 is 5.32 Å². The van der Waals surface area contributed by atoms with Crippen LogP contribution in [0, 0.1) is 5.41 Å². The normalized spacial score (nSPS) is 18.0. The number of carbonyl (C=O) groups excluding carboxylic acids is 1. The zero-order valence-corrected chi connectivity index (χ0v) is 14.5. The van der Waals surface area contributed by atoms with Gasteiger partial charge in [0.2, 0.25) is 5.91 Å². The zero-order valence-electron chi connectivity index (χ0n) is 14.5. The van der Waals surface area contributed by atoms with Gasteiger partial charge in [-0.25, -0.2) is 0 Å². The van der Waals surface area contributed by atoms with E-state index in [0.717, 1.165) is 31.5 Å². The highest BCUT2D eigenvalue weighted by Crippen LogP contribution is 2.22. The van der Waals surface area contributed by atoms with Crippen LogP contribution in [-0.4, -0.2) is 46.6 Å². The summed E-state index contributed by atoms with van der Waals surface area (Å²) in [6, 6.07) is 4.03. The molecule has 0 saturated carbocycles. The van der Waals surface area contributed by atoms with Gasteiger partial charge in [0, 0.05) is 44.5 Å². The average Bonchev–Trinajstić information content (AvgIpc) is 2.52. The second kappa shape index (κ2) is 7.88. The summed E-state index contributed by atoms with van der Waals surface area (Å²) in [4.78, 5) is 18.2. The molecular formula is C18H29N3O2. The minimum absolute atomic E-state index is 0.0425. The molecule has 1 aliphatic heterocycles. The van der Waals surface area contributed by atoms with Gasteiger partial charge in [-0.15, -0.1) is 0 Å². The number of hydrogen-bond acceptors (Lipinski definition) is 4. The maximum atomic E-state index is 12.2. The average molecular weight is 319 g/mol. The van der Waals surface area contributed by atoms with Gasteiger partial charge in [0.25, 0.3) is 0 Å². The van der Waals surface area contributed by atoms with E-state index < -0.39 is 6.10 Å². The standard InChI is InChI=1S/C18H29N3O2/c1-18(2,3)12-17(23)21-10-6-15(7-11-21)20-13-16(22)14-4-8-19-9-5-14/h4-5,8-9,15-16,20,22H,6-7,10-13H2,1-3H3. The molecular weight excluding hydrogens is 290 g/mol. The Bertz CT molecular complexity index is 491. The molecule has 2 heterocycles. The number of carbonyl (C=O) groups is 1. The number of hydrogen-bond donors (Lipinski definition) is 2. The molecule has 1 unspecified atom stereocenters. The van der Waals surface area contributed by atoms with Gasteiger partial charge in [-0.05, 0) is 36.0 Å². The van der Waals surface area contributed by atoms with Crippen LogP contribution in [0.25, 0.3) is 0 Å². The van der Waals surface area contributed by atoms with Crippen molar-refractivity contribution < 1.29 is 9.90 Å². The van der Waals surface area contributed by atoms with Gasteiger partial charge in [-0.1, -0.05) is 20.8 Å². The van der Waals surface area contributed by atoms with Crippen LogP contribution in [-0.2, 0) is 4.79 Å². The van der Waals surface area contributed by atoms with Crippen molar-refractivity contribution in [2.75, 3.05) is 19.6 Å². The van der Waals surface area contributed by atoms with Gasteiger partial charge in [-0.3, -0.25) is 9.78 Å². The molecule has 0 aliphatic carbocycles. The van der Waals surface area contributed by atoms with Gasteiger partial charge in [-0.2, -0.15) is 0 Å². The Morgan fingerprint density at radius 3 is 2.52 bits per heavy atom. The molecule has 5 heteroatoms. The maximum absolute atomic E-state index is 12.2. The molecule has 0 bridgehead atoms. The molecule has 2 N–H and O–H groups in total. The molecule has 1 atom stereocenters. The van der Waals surface area contributed by atoms with Crippen molar-refractivity contribution in [3.05, 3.63) is 30.1 Å². The third-order valence-corrected chi connectivity index (χ3v) is 4.22. The highest BCUT2D eigenvalue weighted by Gasteiger charge is 2.25. The lowest BCUT2D eigenvalue weighted by molar-refractivity contribution is -0.134. The van der Waals surface area contributed by atoms with E-state index in [9.17, 15) is 9.90 Å². The third kappa shape index (κ3) is 5.92. The van der Waals surface area contributed by atoms with Crippen molar-refractivity contribution in [1.29, 1.82) is 0 Å². The largest absolute Gasteiger partial charge is 0.387 e. The zero-order chi connectivity index (χ0) is 16.9. The quantitative estimate of drug-likeness (QED) is 0.872. The lowest BCUT2D eigenvalue weighted by Gasteiger charge is -2.34. The highest BCUT2D eigenvalue weighted by molar-refractivity contribution is 5.76. The molecule has 128 valence electrons. The van der Waals surface area contributed by atoms with Crippen LogP contribution >= 0.6 is 0 Å². The van der Waals surface area contributed by atoms with Crippen molar-refractivity contribution in [2.24, 2.45) is 5.41 Å². The Kier molecular flexibility index (Phi) is 6.13. The summed E-state index contributed by atoms with van der Waals surface area (Å²) in [5.41, 5.74) is 0.922. The number of amides is 1. The van der Waals surface area contributed by atoms with Crippen LogP contribution in [0.15, 0.2) is 24.5 Å². The monoisotopic (exact) mass is 319 g/mol. The van der Waals surface area contributed by atoms with E-state index in [-0.39, 0.29) is 11.3 Å². The maximum Gasteiger partial charge on any atom is 0.223 e. The number of aliphatic hydroxyl groups is 1. The van der Waals surface area contributed by atoms with Crippen molar-refractivity contribution in [3.8, 4) is 0 Å². The van der Waals surface area contributed by atoms with Gasteiger partial charge >= 0.3 is 0 Å². The van der Waals surface area contributed by atoms with E-state index in [0.29, 0.717) is 19.0 Å². The molecule has 1 aromatic rings. The Labute approximate surface area is 139 Å². The molecule has 0 radical (unpaired) electrons. The predicted octanol–water partition coefficient (Wildman–Crippen LogP) is 2.13. The lowest BCUT2D eigenvalue weighted by Crippen LogP contribution is -2.46. The molecule has 0 spiro atoms. The minimum Gasteiger partial charge on any atom is -0.387 e. The predicted molar refractivity (Wildman–Crippen MR) is 90.9 cm³/mol. The summed E-state index contributed by atoms with van der Waals surface area (Å²) in [7, 11) is 0. The first-order chi connectivity index (χ1) is 10.8. The van der Waals surface area contributed by atoms with Crippen molar-refractivity contribution in [1.82, 2.24) is 15.2 Å². The summed E-state index contributed by atoms with van der Waals surface area (Å²) in [6.45, 7) is 8.43. The molecule has 1 aromatic heterocycles. The minimum atomic E-state index is -0.515. The number of rotatable bonds is 5. The highest BCUT2D eigenvalue weighted by atomic mass is 16.3. The summed E-state index contributed by atoms with van der Waals surface area (Å²) >= 11 is 0. The Balaban J connectivity index is 1.72. The first kappa shape index (κ1) is 17.9. The van der Waals surface area contributed by atoms with Gasteiger partial charge in [0.1, 0.15) is 0 Å². The second-order valence-corrected chi connectivity index (χ2v) is 7.60. The van der Waals surface area contributed by atoms with Crippen LogP contribution in [0.5, 0.6) is 0 Å². The fourth-order valence-electron chi connectivity index (χ4n) is 2.88. The van der Waals surface area contributed by atoms with Crippen LogP contribution in [0.1, 0.15) is 51.7 Å². The fourth-order valence-corrected chi connectivity index (χ4v) is 2.88. The van der Waals surface area contributed by atoms with Crippen molar-refractivity contribution >= 4 is 5.91 Å². The first-order valence-corrected chi connectivity index (χ1v) is 8.44. The van der Waals surface area contributed by atoms with Gasteiger partial charge in [0.15, 0.2) is 0 Å². The topological polar surface area (TPSA) is 65.5 Å². The van der Waals surface area contributed by atoms with Gasteiger partial charge < -0.3 is 15.3 Å². The summed E-state index contributed by atoms with van der Waals surface area (Å²) in [5, 5.41) is 13.6. The summed E-state index contributed by atoms with van der Waals surface area (Å²) in [6.07, 6.45) is 5.36. The Hall–Kier alpha value is -1.46.